The predicted molar refractivity (Wildman–Crippen MR) is 72.7 cm³/mol. The molecule has 21 heavy (non-hydrogen) atoms. The third kappa shape index (κ3) is 2.99. The van der Waals surface area contributed by atoms with Crippen molar-refractivity contribution in [1.82, 2.24) is 9.55 Å². The van der Waals surface area contributed by atoms with Gasteiger partial charge in [-0.3, -0.25) is 4.57 Å². The number of ether oxygens (including phenoxy) is 2. The van der Waals surface area contributed by atoms with Crippen molar-refractivity contribution < 1.29 is 14.6 Å². The number of aliphatic hydroxyl groups excluding tert-OH is 1. The topological polar surface area (TPSA) is 122 Å². The van der Waals surface area contributed by atoms with Crippen molar-refractivity contribution >= 4 is 0 Å². The summed E-state index contributed by atoms with van der Waals surface area (Å²) in [5.41, 5.74) is 7.42. The van der Waals surface area contributed by atoms with Crippen LogP contribution in [-0.2, 0) is 4.74 Å². The van der Waals surface area contributed by atoms with E-state index in [0.717, 1.165) is 0 Å². The number of hydrogen-bond acceptors (Lipinski definition) is 6. The highest BCUT2D eigenvalue weighted by Gasteiger charge is 2.40. The molecule has 9 heteroatoms. The van der Waals surface area contributed by atoms with Crippen LogP contribution in [0.5, 0.6) is 5.88 Å². The Bertz CT molecular complexity index is 625. The summed E-state index contributed by atoms with van der Waals surface area (Å²) in [5, 5.41) is 12.8. The van der Waals surface area contributed by atoms with E-state index in [-0.39, 0.29) is 0 Å². The lowest BCUT2D eigenvalue weighted by atomic mass is 10.1. The maximum absolute atomic E-state index is 12.0. The Morgan fingerprint density at radius 1 is 1.76 bits per heavy atom. The van der Waals surface area contributed by atoms with E-state index < -0.39 is 24.2 Å². The molecule has 2 atom stereocenters. The molecule has 1 aromatic rings. The smallest absolute Gasteiger partial charge is 0.352 e. The van der Waals surface area contributed by atoms with Crippen LogP contribution in [0.1, 0.15) is 31.6 Å². The van der Waals surface area contributed by atoms with Gasteiger partial charge in [0.15, 0.2) is 5.72 Å². The van der Waals surface area contributed by atoms with Gasteiger partial charge in [-0.1, -0.05) is 5.11 Å². The number of hydrogen-bond donors (Lipinski definition) is 1. The molecule has 2 heterocycles. The van der Waals surface area contributed by atoms with Gasteiger partial charge in [0.05, 0.1) is 13.2 Å². The summed E-state index contributed by atoms with van der Waals surface area (Å²) < 4.78 is 12.2. The fourth-order valence-electron chi connectivity index (χ4n) is 2.26. The van der Waals surface area contributed by atoms with E-state index >= 15 is 0 Å². The van der Waals surface area contributed by atoms with Crippen LogP contribution in [0.3, 0.4) is 0 Å². The predicted octanol–water partition coefficient (Wildman–Crippen LogP) is 1.26. The molecule has 0 saturated carbocycles. The van der Waals surface area contributed by atoms with Crippen LogP contribution in [0.4, 0.5) is 0 Å². The molecule has 0 bridgehead atoms. The van der Waals surface area contributed by atoms with E-state index in [9.17, 15) is 9.90 Å². The second-order valence-electron chi connectivity index (χ2n) is 4.76. The average molecular weight is 295 g/mol. The first kappa shape index (κ1) is 15.3. The normalized spacial score (nSPS) is 24.6. The Morgan fingerprint density at radius 3 is 3.14 bits per heavy atom. The molecule has 1 fully saturated rings. The molecule has 114 valence electrons. The second-order valence-corrected chi connectivity index (χ2v) is 4.76. The molecule has 0 aliphatic carbocycles. The lowest BCUT2D eigenvalue weighted by Crippen LogP contribution is -2.33. The van der Waals surface area contributed by atoms with Crippen molar-refractivity contribution in [3.63, 3.8) is 0 Å². The van der Waals surface area contributed by atoms with E-state index in [1.807, 2.05) is 6.92 Å². The fourth-order valence-corrected chi connectivity index (χ4v) is 2.26. The molecule has 1 aliphatic heterocycles. The van der Waals surface area contributed by atoms with Gasteiger partial charge in [0.2, 0.25) is 5.88 Å². The van der Waals surface area contributed by atoms with Crippen molar-refractivity contribution in [1.29, 1.82) is 0 Å². The van der Waals surface area contributed by atoms with Gasteiger partial charge in [-0.15, -0.1) is 0 Å². The highest BCUT2D eigenvalue weighted by molar-refractivity contribution is 5.20. The summed E-state index contributed by atoms with van der Waals surface area (Å²) in [6.07, 6.45) is 1.73. The molecule has 0 amide bonds. The Labute approximate surface area is 120 Å². The highest BCUT2D eigenvalue weighted by atomic mass is 16.6. The maximum Gasteiger partial charge on any atom is 0.352 e. The summed E-state index contributed by atoms with van der Waals surface area (Å²) in [7, 11) is 0. The van der Waals surface area contributed by atoms with Gasteiger partial charge in [0.25, 0.3) is 0 Å². The molecule has 1 aliphatic rings. The molecule has 0 unspecified atom stereocenters. The number of aryl methyl sites for hydroxylation is 1. The molecule has 2 rings (SSSR count). The third-order valence-corrected chi connectivity index (χ3v) is 3.29. The monoisotopic (exact) mass is 295 g/mol. The van der Waals surface area contributed by atoms with Crippen LogP contribution in [0.2, 0.25) is 0 Å². The molecule has 9 nitrogen and oxygen atoms in total. The Balaban J connectivity index is 2.30. The first-order valence-corrected chi connectivity index (χ1v) is 6.62. The van der Waals surface area contributed by atoms with Crippen LogP contribution in [0, 0.1) is 6.92 Å². The Morgan fingerprint density at radius 2 is 2.52 bits per heavy atom. The largest absolute Gasteiger partial charge is 0.478 e. The zero-order valence-electron chi connectivity index (χ0n) is 11.9. The van der Waals surface area contributed by atoms with Crippen molar-refractivity contribution in [2.75, 3.05) is 13.2 Å². The summed E-state index contributed by atoms with van der Waals surface area (Å²) in [5.74, 6) is 0.292. The average Bonchev–Trinajstić information content (AvgIpc) is 2.88. The minimum absolute atomic E-state index is 0.292. The zero-order valence-corrected chi connectivity index (χ0v) is 11.9. The third-order valence-electron chi connectivity index (χ3n) is 3.29. The van der Waals surface area contributed by atoms with Crippen molar-refractivity contribution in [3.8, 4) is 5.88 Å². The minimum Gasteiger partial charge on any atom is -0.478 e. The van der Waals surface area contributed by atoms with Crippen LogP contribution >= 0.6 is 0 Å². The van der Waals surface area contributed by atoms with Gasteiger partial charge in [-0.05, 0) is 32.2 Å². The van der Waals surface area contributed by atoms with Crippen LogP contribution < -0.4 is 10.4 Å². The molecule has 0 spiro atoms. The zero-order chi connectivity index (χ0) is 15.5. The quantitative estimate of drug-likeness (QED) is 0.497. The molecular weight excluding hydrogens is 278 g/mol. The standard InChI is InChI=1S/C12H17N5O4/c1-3-20-10-8(2)6-17(11(19)14-10)9-4-5-12(7-18,21-9)15-16-13/h6,9,18H,3-5,7H2,1-2H3/t9-,12+/m1/s1. The summed E-state index contributed by atoms with van der Waals surface area (Å²) >= 11 is 0. The van der Waals surface area contributed by atoms with Gasteiger partial charge in [0, 0.05) is 16.7 Å². The lowest BCUT2D eigenvalue weighted by molar-refractivity contribution is -0.0952. The Hall–Kier alpha value is -2.09. The van der Waals surface area contributed by atoms with Gasteiger partial charge >= 0.3 is 5.69 Å². The van der Waals surface area contributed by atoms with Crippen molar-refractivity contribution in [2.45, 2.75) is 38.6 Å². The Kier molecular flexibility index (Phi) is 4.46. The number of aromatic nitrogens is 2. The van der Waals surface area contributed by atoms with E-state index in [2.05, 4.69) is 15.0 Å². The summed E-state index contributed by atoms with van der Waals surface area (Å²) in [6.45, 7) is 3.56. The van der Waals surface area contributed by atoms with Crippen molar-refractivity contribution in [2.24, 2.45) is 5.11 Å². The fraction of sp³-hybridized carbons (Fsp3) is 0.667. The molecule has 1 saturated heterocycles. The number of aliphatic hydroxyl groups is 1. The van der Waals surface area contributed by atoms with E-state index in [1.54, 1.807) is 13.1 Å². The van der Waals surface area contributed by atoms with Crippen LogP contribution in [0.25, 0.3) is 10.4 Å². The second kappa shape index (κ2) is 6.13. The number of azide groups is 1. The van der Waals surface area contributed by atoms with Crippen molar-refractivity contribution in [3.05, 3.63) is 32.7 Å². The summed E-state index contributed by atoms with van der Waals surface area (Å²) in [4.78, 5) is 18.6. The van der Waals surface area contributed by atoms with Gasteiger partial charge < -0.3 is 14.6 Å². The van der Waals surface area contributed by atoms with Crippen LogP contribution in [-0.4, -0.2) is 33.6 Å². The number of nitrogens with zero attached hydrogens (tertiary/aromatic N) is 5. The molecular formula is C12H17N5O4. The highest BCUT2D eigenvalue weighted by Crippen LogP contribution is 2.36. The minimum atomic E-state index is -1.31. The molecule has 1 aromatic heterocycles. The molecule has 1 N–H and O–H groups in total. The van der Waals surface area contributed by atoms with Gasteiger partial charge in [-0.25, -0.2) is 4.79 Å². The van der Waals surface area contributed by atoms with E-state index in [1.165, 1.54) is 4.57 Å². The number of rotatable bonds is 5. The summed E-state index contributed by atoms with van der Waals surface area (Å²) in [6, 6.07) is 0. The van der Waals surface area contributed by atoms with E-state index in [4.69, 9.17) is 15.0 Å². The first-order valence-electron chi connectivity index (χ1n) is 6.62. The molecule has 0 radical (unpaired) electrons. The molecule has 0 aromatic carbocycles. The maximum atomic E-state index is 12.0. The first-order chi connectivity index (χ1) is 10.0. The SMILES string of the molecule is CCOc1nc(=O)n([C@H]2CC[C@](CO)(N=[N+]=[N-])O2)cc1C. The van der Waals surface area contributed by atoms with Gasteiger partial charge in [-0.2, -0.15) is 4.98 Å². The lowest BCUT2D eigenvalue weighted by Gasteiger charge is -2.22. The van der Waals surface area contributed by atoms with Crippen LogP contribution in [0.15, 0.2) is 16.1 Å². The van der Waals surface area contributed by atoms with E-state index in [0.29, 0.717) is 30.9 Å². The van der Waals surface area contributed by atoms with Gasteiger partial charge in [0.1, 0.15) is 6.23 Å².